The highest BCUT2D eigenvalue weighted by molar-refractivity contribution is 5.96. The summed E-state index contributed by atoms with van der Waals surface area (Å²) in [6.07, 6.45) is 37.1. The first kappa shape index (κ1) is 107. The molecule has 0 atom stereocenters. The maximum Gasteiger partial charge on any atom is 0.224 e. The number of hydrogen-bond donors (Lipinski definition) is 0. The van der Waals surface area contributed by atoms with E-state index in [1.165, 1.54) is 308 Å². The predicted molar refractivity (Wildman–Crippen MR) is 614 cm³/mol. The molecular weight excluding hydrogens is 1810 g/mol. The lowest BCUT2D eigenvalue weighted by Crippen LogP contribution is -2.49. The fourth-order valence-corrected chi connectivity index (χ4v) is 26.6. The third-order valence-electron chi connectivity index (χ3n) is 36.7. The Balaban J connectivity index is 0.000000125. The summed E-state index contributed by atoms with van der Waals surface area (Å²) >= 11 is 0. The lowest BCUT2D eigenvalue weighted by atomic mass is 9.64. The lowest BCUT2D eigenvalue weighted by Gasteiger charge is -2.50. The van der Waals surface area contributed by atoms with E-state index in [1.807, 2.05) is 0 Å². The third-order valence-corrected chi connectivity index (χ3v) is 36.7. The second-order valence-corrected chi connectivity index (χ2v) is 46.9. The monoisotopic (exact) mass is 1970 g/mol. The van der Waals surface area contributed by atoms with Gasteiger partial charge in [0.15, 0.2) is 31.0 Å². The first-order valence-electron chi connectivity index (χ1n) is 53.8. The summed E-state index contributed by atoms with van der Waals surface area (Å²) in [5.41, 5.74) is 36.2. The Kier molecular flexibility index (Phi) is 29.5. The van der Waals surface area contributed by atoms with Gasteiger partial charge in [-0.1, -0.05) is 238 Å². The van der Waals surface area contributed by atoms with Gasteiger partial charge < -0.3 is 23.7 Å². The second-order valence-electron chi connectivity index (χ2n) is 46.9. The molecule has 10 aliphatic rings. The van der Waals surface area contributed by atoms with Crippen LogP contribution >= 0.6 is 0 Å². The van der Waals surface area contributed by atoms with Crippen LogP contribution in [0.15, 0.2) is 292 Å². The molecule has 5 saturated carbocycles. The largest absolute Gasteiger partial charge is 0.487 e. The molecule has 10 heterocycles. The van der Waals surface area contributed by atoms with E-state index >= 15 is 0 Å². The van der Waals surface area contributed by atoms with E-state index in [4.69, 9.17) is 23.7 Å². The molecule has 0 N–H and O–H groups in total. The van der Waals surface area contributed by atoms with E-state index in [-0.39, 0.29) is 79.4 Å². The summed E-state index contributed by atoms with van der Waals surface area (Å²) in [6.45, 7) is 34.0. The molecule has 25 rings (SSSR count). The normalized spacial score (nSPS) is 18.3. The molecule has 15 aromatic rings. The van der Waals surface area contributed by atoms with Crippen LogP contribution in [0.3, 0.4) is 0 Å². The van der Waals surface area contributed by atoms with Crippen molar-refractivity contribution in [3.05, 3.63) is 347 Å². The van der Waals surface area contributed by atoms with Gasteiger partial charge in [0, 0.05) is 132 Å². The molecule has 0 unspecified atom stereocenters. The molecule has 0 saturated heterocycles. The molecule has 10 aromatic carbocycles. The van der Waals surface area contributed by atoms with E-state index in [1.54, 1.807) is 0 Å². The Morgan fingerprint density at radius 3 is 0.905 bits per heavy atom. The topological polar surface area (TPSA) is 65.6 Å². The molecule has 10 heteroatoms. The van der Waals surface area contributed by atoms with Crippen LogP contribution in [0.5, 0.6) is 28.7 Å². The third kappa shape index (κ3) is 18.8. The van der Waals surface area contributed by atoms with Gasteiger partial charge in [-0.25, -0.2) is 22.8 Å². The molecule has 0 radical (unpaired) electrons. The zero-order chi connectivity index (χ0) is 100. The Hall–Kier alpha value is -12.8. The van der Waals surface area contributed by atoms with Crippen LogP contribution in [0.4, 0.5) is 0 Å². The maximum atomic E-state index is 7.20. The number of benzene rings is 10. The molecule has 0 bridgehead atoms. The fourth-order valence-electron chi connectivity index (χ4n) is 26.6. The highest BCUT2D eigenvalue weighted by Crippen LogP contribution is 2.64. The number of aromatic nitrogens is 5. The van der Waals surface area contributed by atoms with Gasteiger partial charge in [-0.2, -0.15) is 0 Å². The minimum Gasteiger partial charge on any atom is -0.487 e. The van der Waals surface area contributed by atoms with Crippen molar-refractivity contribution >= 4 is 10.8 Å². The standard InChI is InChI=1S/C29H34NO.C28H32NO.C27H30NO.C25H26NO.C25H28NO.4CH4/c1-21-12-13-24-27(25(21)26-23-11-5-4-10-22(23)14-19-30(26)2)31-29(17-6-3-7-18-29)20-28(24)15-8-9-16-28;1-20-11-12-21(18-23(20)25-10-6-9-17-29(25)4)22-13-14-24-26(19-22)30-28(27(24,2)3)15-7-5-8-16-28;1-19-10-11-20(17-22(19)24-9-5-8-16-28(24)4)21-12-13-23-25(18-21)29-27(26(23,2)3)14-6-7-15-27;1-17-8-9-18(15-20(17)22-7-5-6-14-26(22)4)19-10-11-21-23(16-19)27-25(12-13-25)24(21,2)3;1-17-10-11-18(15-20(17)22-9-7-8-14-26(22)6)19-12-13-21-23(16-19)27-25(4,5)24(21,2)3;;;;/h4-5,10-14,19H,3,6-9,15-18,20H2,1-2H3;6,9-14,17-19H,5,7-8,15-16H2,1-4H3;5,8-13,16-18H,6-7,14-15H2,1-4H3;5-11,14-16H,12-13H2,1-4H3;7-16H,1-6H3;4*1H4/q5*+1;;;;. The Bertz CT molecular complexity index is 7320. The number of fused-ring (bicyclic) bond motifs is 7. The second kappa shape index (κ2) is 40.9. The molecule has 5 spiro atoms. The summed E-state index contributed by atoms with van der Waals surface area (Å²) in [7, 11) is 10.6. The van der Waals surface area contributed by atoms with Gasteiger partial charge in [0.05, 0.1) is 10.9 Å². The molecule has 5 fully saturated rings. The molecule has 5 aliphatic carbocycles. The van der Waals surface area contributed by atoms with Gasteiger partial charge in [0.25, 0.3) is 0 Å². The molecule has 768 valence electrons. The highest BCUT2D eigenvalue weighted by atomic mass is 16.5. The lowest BCUT2D eigenvalue weighted by molar-refractivity contribution is -0.660. The Morgan fingerprint density at radius 2 is 0.541 bits per heavy atom. The maximum absolute atomic E-state index is 7.20. The van der Waals surface area contributed by atoms with Crippen molar-refractivity contribution in [2.24, 2.45) is 35.2 Å². The smallest absolute Gasteiger partial charge is 0.224 e. The van der Waals surface area contributed by atoms with Crippen LogP contribution in [0, 0.1) is 34.6 Å². The summed E-state index contributed by atoms with van der Waals surface area (Å²) in [6, 6.07) is 95.4. The van der Waals surface area contributed by atoms with E-state index in [0.717, 1.165) is 23.0 Å². The van der Waals surface area contributed by atoms with E-state index < -0.39 is 0 Å². The van der Waals surface area contributed by atoms with Gasteiger partial charge in [0.2, 0.25) is 28.5 Å². The number of aryl methyl sites for hydroxylation is 10. The van der Waals surface area contributed by atoms with Crippen molar-refractivity contribution in [3.63, 3.8) is 0 Å². The van der Waals surface area contributed by atoms with Gasteiger partial charge in [0.1, 0.15) is 92.0 Å². The molecule has 5 aromatic heterocycles. The van der Waals surface area contributed by atoms with Gasteiger partial charge >= 0.3 is 0 Å². The summed E-state index contributed by atoms with van der Waals surface area (Å²) < 4.78 is 44.4. The Labute approximate surface area is 887 Å². The number of pyridine rings is 5. The summed E-state index contributed by atoms with van der Waals surface area (Å²) in [4.78, 5) is 0. The highest BCUT2D eigenvalue weighted by Gasteiger charge is 2.63. The number of hydrogen-bond acceptors (Lipinski definition) is 5. The van der Waals surface area contributed by atoms with Crippen molar-refractivity contribution in [1.82, 2.24) is 0 Å². The van der Waals surface area contributed by atoms with Crippen LogP contribution in [-0.2, 0) is 62.3 Å². The quantitative estimate of drug-likeness (QED) is 0.135. The van der Waals surface area contributed by atoms with Crippen LogP contribution in [0.2, 0.25) is 0 Å². The van der Waals surface area contributed by atoms with Crippen molar-refractivity contribution in [3.8, 4) is 130 Å². The minimum atomic E-state index is -0.204. The SMILES string of the molecule is C.C.C.C.Cc1ccc(-c2ccc3c(c2)OC(C)(C)C3(C)C)cc1-c1cccc[n+]1C.Cc1ccc(-c2ccc3c(c2)OC2(CC2)C3(C)C)cc1-c1cccc[n+]1C.Cc1ccc(-c2ccc3c(c2)OC2(CCCC2)C3(C)C)cc1-c1cccc[n+]1C.Cc1ccc(-c2ccc3c(c2)OC2(CCCCC2)C3(C)C)cc1-c1cccc[n+]1C.Cc1ccc2c(c1-c1c3ccccc3cc[n+]1C)OC1(CCCCC1)CC21CCCC1. The number of ether oxygens (including phenoxy) is 5. The average molecular weight is 1970 g/mol. The number of rotatable bonds is 9. The van der Waals surface area contributed by atoms with Crippen molar-refractivity contribution in [1.29, 1.82) is 0 Å². The van der Waals surface area contributed by atoms with Crippen LogP contribution in [0.1, 0.15) is 289 Å². The van der Waals surface area contributed by atoms with Crippen LogP contribution in [-0.4, -0.2) is 28.0 Å². The molecule has 5 aliphatic heterocycles. The zero-order valence-electron chi connectivity index (χ0n) is 89.3. The molecule has 10 nitrogen and oxygen atoms in total. The van der Waals surface area contributed by atoms with Gasteiger partial charge in [-0.15, -0.1) is 0 Å². The van der Waals surface area contributed by atoms with E-state index in [0.29, 0.717) is 5.41 Å². The summed E-state index contributed by atoms with van der Waals surface area (Å²) in [5, 5.41) is 2.61. The first-order valence-corrected chi connectivity index (χ1v) is 53.8. The fraction of sp³-hybridized carbons (Fsp3) is 0.399. The van der Waals surface area contributed by atoms with Crippen molar-refractivity contribution in [2.75, 3.05) is 0 Å². The first-order chi connectivity index (χ1) is 69.0. The zero-order valence-corrected chi connectivity index (χ0v) is 89.3. The van der Waals surface area contributed by atoms with Crippen molar-refractivity contribution in [2.45, 2.75) is 323 Å². The molecule has 148 heavy (non-hydrogen) atoms. The Morgan fingerprint density at radius 1 is 0.243 bits per heavy atom. The average Bonchev–Trinajstić information content (AvgIpc) is 1.49. The minimum absolute atomic E-state index is 0. The predicted octanol–water partition coefficient (Wildman–Crippen LogP) is 33.1. The van der Waals surface area contributed by atoms with Crippen LogP contribution < -0.4 is 46.5 Å². The van der Waals surface area contributed by atoms with Gasteiger partial charge in [-0.05, 0) is 314 Å². The van der Waals surface area contributed by atoms with Crippen LogP contribution in [0.25, 0.3) is 112 Å². The summed E-state index contributed by atoms with van der Waals surface area (Å²) in [5.74, 6) is 5.47. The van der Waals surface area contributed by atoms with Gasteiger partial charge in [-0.3, -0.25) is 0 Å². The number of nitrogens with zero attached hydrogens (tertiary/aromatic N) is 5. The molecular formula is C138H166N5O5+5. The van der Waals surface area contributed by atoms with E-state index in [2.05, 4.69) is 454 Å². The molecule has 0 amide bonds. The van der Waals surface area contributed by atoms with E-state index in [9.17, 15) is 0 Å². The van der Waals surface area contributed by atoms with Crippen molar-refractivity contribution < 1.29 is 46.5 Å².